The molecule has 1 N–H and O–H groups in total. The lowest BCUT2D eigenvalue weighted by Crippen LogP contribution is -2.02. The standard InChI is InChI=1S/C16H15ClN2O/c1-10-4-3-5-14-18-15(16(11(2)20)19(10)14)12-6-8-13(17)9-7-12/h3-9,11,20H,1-2H3. The summed E-state index contributed by atoms with van der Waals surface area (Å²) in [5.41, 5.74) is 4.44. The molecule has 0 radical (unpaired) electrons. The minimum atomic E-state index is -0.600. The first kappa shape index (κ1) is 13.2. The highest BCUT2D eigenvalue weighted by Crippen LogP contribution is 2.30. The average Bonchev–Trinajstić information content (AvgIpc) is 2.80. The van der Waals surface area contributed by atoms with Crippen LogP contribution in [0.25, 0.3) is 16.9 Å². The molecule has 0 aliphatic rings. The molecule has 4 heteroatoms. The van der Waals surface area contributed by atoms with Gasteiger partial charge in [-0.2, -0.15) is 0 Å². The van der Waals surface area contributed by atoms with Crippen molar-refractivity contribution in [2.24, 2.45) is 0 Å². The Morgan fingerprint density at radius 3 is 2.50 bits per heavy atom. The Kier molecular flexibility index (Phi) is 3.24. The summed E-state index contributed by atoms with van der Waals surface area (Å²) >= 11 is 5.93. The molecule has 0 bridgehead atoms. The van der Waals surface area contributed by atoms with Crippen molar-refractivity contribution in [2.45, 2.75) is 20.0 Å². The van der Waals surface area contributed by atoms with Crippen LogP contribution >= 0.6 is 11.6 Å². The van der Waals surface area contributed by atoms with Gasteiger partial charge in [0, 0.05) is 16.3 Å². The SMILES string of the molecule is Cc1cccc2nc(-c3ccc(Cl)cc3)c(C(C)O)n12. The molecule has 0 spiro atoms. The van der Waals surface area contributed by atoms with Crippen molar-refractivity contribution in [3.05, 3.63) is 58.9 Å². The van der Waals surface area contributed by atoms with Crippen LogP contribution in [0.3, 0.4) is 0 Å². The van der Waals surface area contributed by atoms with Crippen molar-refractivity contribution in [3.8, 4) is 11.3 Å². The number of hydrogen-bond acceptors (Lipinski definition) is 2. The summed E-state index contributed by atoms with van der Waals surface area (Å²) in [4.78, 5) is 4.65. The first-order chi connectivity index (χ1) is 9.58. The van der Waals surface area contributed by atoms with E-state index in [9.17, 15) is 5.11 Å². The third-order valence-electron chi connectivity index (χ3n) is 3.39. The third-order valence-corrected chi connectivity index (χ3v) is 3.64. The monoisotopic (exact) mass is 286 g/mol. The van der Waals surface area contributed by atoms with Crippen LogP contribution in [0.15, 0.2) is 42.5 Å². The van der Waals surface area contributed by atoms with Crippen LogP contribution in [-0.2, 0) is 0 Å². The summed E-state index contributed by atoms with van der Waals surface area (Å²) in [6.07, 6.45) is -0.600. The number of hydrogen-bond donors (Lipinski definition) is 1. The second-order valence-corrected chi connectivity index (χ2v) is 5.33. The zero-order chi connectivity index (χ0) is 14.3. The highest BCUT2D eigenvalue weighted by molar-refractivity contribution is 6.30. The minimum absolute atomic E-state index is 0.600. The summed E-state index contributed by atoms with van der Waals surface area (Å²) in [6.45, 7) is 3.77. The lowest BCUT2D eigenvalue weighted by atomic mass is 10.1. The highest BCUT2D eigenvalue weighted by Gasteiger charge is 2.18. The average molecular weight is 287 g/mol. The molecule has 3 rings (SSSR count). The van der Waals surface area contributed by atoms with Crippen molar-refractivity contribution in [3.63, 3.8) is 0 Å². The maximum Gasteiger partial charge on any atom is 0.137 e. The van der Waals surface area contributed by atoms with Crippen LogP contribution in [0.1, 0.15) is 24.4 Å². The van der Waals surface area contributed by atoms with Gasteiger partial charge in [-0.25, -0.2) is 4.98 Å². The van der Waals surface area contributed by atoms with E-state index in [4.69, 9.17) is 11.6 Å². The summed E-state index contributed by atoms with van der Waals surface area (Å²) < 4.78 is 1.99. The van der Waals surface area contributed by atoms with Crippen molar-refractivity contribution in [1.82, 2.24) is 9.38 Å². The fraction of sp³-hybridized carbons (Fsp3) is 0.188. The molecule has 0 fully saturated rings. The minimum Gasteiger partial charge on any atom is -0.387 e. The van der Waals surface area contributed by atoms with E-state index in [0.29, 0.717) is 5.02 Å². The molecule has 1 unspecified atom stereocenters. The third kappa shape index (κ3) is 2.09. The predicted octanol–water partition coefficient (Wildman–Crippen LogP) is 4.02. The van der Waals surface area contributed by atoms with E-state index < -0.39 is 6.10 Å². The first-order valence-corrected chi connectivity index (χ1v) is 6.87. The Labute approximate surface area is 122 Å². The molecular weight excluding hydrogens is 272 g/mol. The van der Waals surface area contributed by atoms with Crippen molar-refractivity contribution in [2.75, 3.05) is 0 Å². The van der Waals surface area contributed by atoms with Gasteiger partial charge in [-0.1, -0.05) is 29.8 Å². The number of nitrogens with zero attached hydrogens (tertiary/aromatic N) is 2. The molecule has 0 amide bonds. The topological polar surface area (TPSA) is 37.5 Å². The van der Waals surface area contributed by atoms with E-state index in [1.165, 1.54) is 0 Å². The molecule has 3 aromatic rings. The van der Waals surface area contributed by atoms with Crippen LogP contribution < -0.4 is 0 Å². The lowest BCUT2D eigenvalue weighted by Gasteiger charge is -2.10. The van der Waals surface area contributed by atoms with E-state index in [0.717, 1.165) is 28.3 Å². The van der Waals surface area contributed by atoms with E-state index >= 15 is 0 Å². The quantitative estimate of drug-likeness (QED) is 0.773. The van der Waals surface area contributed by atoms with E-state index in [1.54, 1.807) is 6.92 Å². The van der Waals surface area contributed by atoms with Crippen LogP contribution in [0, 0.1) is 6.92 Å². The molecule has 102 valence electrons. The van der Waals surface area contributed by atoms with Crippen LogP contribution in [-0.4, -0.2) is 14.5 Å². The number of imidazole rings is 1. The Balaban J connectivity index is 2.32. The fourth-order valence-electron chi connectivity index (χ4n) is 2.49. The van der Waals surface area contributed by atoms with Crippen LogP contribution in [0.4, 0.5) is 0 Å². The molecular formula is C16H15ClN2O. The number of halogens is 1. The highest BCUT2D eigenvalue weighted by atomic mass is 35.5. The second-order valence-electron chi connectivity index (χ2n) is 4.89. The van der Waals surface area contributed by atoms with Gasteiger partial charge in [0.1, 0.15) is 5.65 Å². The van der Waals surface area contributed by atoms with Gasteiger partial charge < -0.3 is 5.11 Å². The Bertz CT molecular complexity index is 760. The number of aliphatic hydroxyl groups is 1. The van der Waals surface area contributed by atoms with Crippen molar-refractivity contribution >= 4 is 17.2 Å². The zero-order valence-electron chi connectivity index (χ0n) is 11.3. The summed E-state index contributed by atoms with van der Waals surface area (Å²) in [6, 6.07) is 13.4. The van der Waals surface area contributed by atoms with E-state index in [1.807, 2.05) is 53.8 Å². The molecule has 20 heavy (non-hydrogen) atoms. The normalized spacial score (nSPS) is 12.8. The number of pyridine rings is 1. The zero-order valence-corrected chi connectivity index (χ0v) is 12.1. The largest absolute Gasteiger partial charge is 0.387 e. The molecule has 0 saturated heterocycles. The maximum atomic E-state index is 10.1. The second kappa shape index (κ2) is 4.93. The molecule has 0 saturated carbocycles. The van der Waals surface area contributed by atoms with Crippen molar-refractivity contribution in [1.29, 1.82) is 0 Å². The van der Waals surface area contributed by atoms with Gasteiger partial charge in [-0.3, -0.25) is 4.40 Å². The Morgan fingerprint density at radius 2 is 1.85 bits per heavy atom. The maximum absolute atomic E-state index is 10.1. The predicted molar refractivity (Wildman–Crippen MR) is 81.0 cm³/mol. The first-order valence-electron chi connectivity index (χ1n) is 6.50. The molecule has 0 aliphatic heterocycles. The summed E-state index contributed by atoms with van der Waals surface area (Å²) in [7, 11) is 0. The summed E-state index contributed by atoms with van der Waals surface area (Å²) in [5, 5.41) is 10.8. The van der Waals surface area contributed by atoms with Gasteiger partial charge in [0.2, 0.25) is 0 Å². The van der Waals surface area contributed by atoms with Crippen LogP contribution in [0.5, 0.6) is 0 Å². The smallest absolute Gasteiger partial charge is 0.137 e. The van der Waals surface area contributed by atoms with Gasteiger partial charge in [0.25, 0.3) is 0 Å². The molecule has 0 aliphatic carbocycles. The van der Waals surface area contributed by atoms with Gasteiger partial charge in [0.05, 0.1) is 17.5 Å². The van der Waals surface area contributed by atoms with Gasteiger partial charge in [-0.05, 0) is 38.1 Å². The molecule has 2 aromatic heterocycles. The number of fused-ring (bicyclic) bond motifs is 1. The lowest BCUT2D eigenvalue weighted by molar-refractivity contribution is 0.194. The number of rotatable bonds is 2. The van der Waals surface area contributed by atoms with Gasteiger partial charge in [-0.15, -0.1) is 0 Å². The van der Waals surface area contributed by atoms with Gasteiger partial charge in [0.15, 0.2) is 0 Å². The Hall–Kier alpha value is -1.84. The van der Waals surface area contributed by atoms with Crippen molar-refractivity contribution < 1.29 is 5.11 Å². The molecule has 3 nitrogen and oxygen atoms in total. The van der Waals surface area contributed by atoms with E-state index in [2.05, 4.69) is 4.98 Å². The number of aryl methyl sites for hydroxylation is 1. The number of aliphatic hydroxyl groups excluding tert-OH is 1. The Morgan fingerprint density at radius 1 is 1.15 bits per heavy atom. The molecule has 1 aromatic carbocycles. The number of benzene rings is 1. The summed E-state index contributed by atoms with van der Waals surface area (Å²) in [5.74, 6) is 0. The van der Waals surface area contributed by atoms with Gasteiger partial charge >= 0.3 is 0 Å². The van der Waals surface area contributed by atoms with Crippen LogP contribution in [0.2, 0.25) is 5.02 Å². The fourth-order valence-corrected chi connectivity index (χ4v) is 2.61. The molecule has 1 atom stereocenters. The number of aromatic nitrogens is 2. The van der Waals surface area contributed by atoms with E-state index in [-0.39, 0.29) is 0 Å². The molecule has 2 heterocycles.